The van der Waals surface area contributed by atoms with E-state index in [1.807, 2.05) is 48.5 Å². The fraction of sp³-hybridized carbons (Fsp3) is 0.636. The Morgan fingerprint density at radius 2 is 1.46 bits per heavy atom. The Morgan fingerprint density at radius 1 is 0.964 bits per heavy atom. The first kappa shape index (κ1) is 24.1. The Balaban J connectivity index is 3.04. The Kier molecular flexibility index (Phi) is 9.11. The van der Waals surface area contributed by atoms with Crippen molar-refractivity contribution in [2.45, 2.75) is 73.0 Å². The summed E-state index contributed by atoms with van der Waals surface area (Å²) < 4.78 is 10.8. The minimum Gasteiger partial charge on any atom is -0.423 e. The number of carbonyl (C=O) groups excluding carboxylic acids is 2. The van der Waals surface area contributed by atoms with Crippen LogP contribution in [0.3, 0.4) is 0 Å². The molecule has 6 nitrogen and oxygen atoms in total. The van der Waals surface area contributed by atoms with Crippen molar-refractivity contribution in [1.29, 1.82) is 0 Å². The average molecular weight is 394 g/mol. The van der Waals surface area contributed by atoms with Gasteiger partial charge in [-0.1, -0.05) is 33.8 Å². The predicted octanol–water partition coefficient (Wildman–Crippen LogP) is 4.01. The largest absolute Gasteiger partial charge is 0.423 e. The molecule has 0 saturated carbocycles. The smallest absolute Gasteiger partial charge is 0.311 e. The Hall–Kier alpha value is -1.92. The maximum absolute atomic E-state index is 12.1. The second kappa shape index (κ2) is 10.6. The number of benzene rings is 1. The molecule has 1 atom stereocenters. The van der Waals surface area contributed by atoms with Gasteiger partial charge in [-0.3, -0.25) is 9.59 Å². The van der Waals surface area contributed by atoms with E-state index in [1.165, 1.54) is 0 Å². The molecule has 28 heavy (non-hydrogen) atoms. The zero-order valence-electron chi connectivity index (χ0n) is 18.2. The third kappa shape index (κ3) is 9.33. The Morgan fingerprint density at radius 3 is 1.93 bits per heavy atom. The molecule has 0 fully saturated rings. The highest BCUT2D eigenvalue weighted by Gasteiger charge is 2.19. The van der Waals surface area contributed by atoms with E-state index >= 15 is 0 Å². The number of aliphatic hydroxyl groups is 1. The normalized spacial score (nSPS) is 12.9. The van der Waals surface area contributed by atoms with E-state index in [2.05, 4.69) is 5.32 Å². The van der Waals surface area contributed by atoms with E-state index in [0.29, 0.717) is 12.1 Å². The Labute approximate surface area is 168 Å². The first-order valence-electron chi connectivity index (χ1n) is 9.85. The van der Waals surface area contributed by atoms with Gasteiger partial charge in [0.05, 0.1) is 6.10 Å². The highest BCUT2D eigenvalue weighted by atomic mass is 16.6. The van der Waals surface area contributed by atoms with Crippen molar-refractivity contribution in [3.63, 3.8) is 0 Å². The average Bonchev–Trinajstić information content (AvgIpc) is 2.51. The summed E-state index contributed by atoms with van der Waals surface area (Å²) in [5.74, 6) is -0.166. The summed E-state index contributed by atoms with van der Waals surface area (Å²) in [5.41, 5.74) is 0.438. The lowest BCUT2D eigenvalue weighted by Gasteiger charge is -2.23. The van der Waals surface area contributed by atoms with Crippen LogP contribution in [0.2, 0.25) is 0 Å². The molecule has 158 valence electrons. The molecule has 2 N–H and O–H groups in total. The van der Waals surface area contributed by atoms with Crippen LogP contribution in [0.4, 0.5) is 0 Å². The number of β-amino-alcohol motifs (C(OH)–C–C–N with tert-alkyl or cyclic N) is 1. The molecule has 0 heterocycles. The van der Waals surface area contributed by atoms with Gasteiger partial charge in [-0.25, -0.2) is 0 Å². The van der Waals surface area contributed by atoms with E-state index in [-0.39, 0.29) is 47.7 Å². The molecule has 0 aliphatic carbocycles. The van der Waals surface area contributed by atoms with Crippen molar-refractivity contribution >= 4 is 11.9 Å². The van der Waals surface area contributed by atoms with Gasteiger partial charge in [0, 0.05) is 24.9 Å². The molecule has 1 rings (SSSR count). The number of esters is 2. The standard InChI is InChI=1S/C22H35NO5/c1-14(2)10-20(25)27-18-9-8-16(17(24)13-23-22(5,6)7)12-19(18)28-21(26)11-15(3)4/h8-9,12,14-15,17,23-24H,10-11,13H2,1-7H3. The number of nitrogens with one attached hydrogen (secondary N) is 1. The van der Waals surface area contributed by atoms with E-state index < -0.39 is 12.1 Å². The van der Waals surface area contributed by atoms with Gasteiger partial charge in [-0.2, -0.15) is 0 Å². The zero-order valence-corrected chi connectivity index (χ0v) is 18.2. The van der Waals surface area contributed by atoms with E-state index in [0.717, 1.165) is 0 Å². The lowest BCUT2D eigenvalue weighted by Crippen LogP contribution is -2.38. The van der Waals surface area contributed by atoms with Crippen LogP contribution in [-0.2, 0) is 9.59 Å². The predicted molar refractivity (Wildman–Crippen MR) is 109 cm³/mol. The highest BCUT2D eigenvalue weighted by molar-refractivity contribution is 5.76. The number of hydrogen-bond donors (Lipinski definition) is 2. The molecular formula is C22H35NO5. The van der Waals surface area contributed by atoms with E-state index in [4.69, 9.17) is 9.47 Å². The minimum absolute atomic E-state index is 0.139. The summed E-state index contributed by atoms with van der Waals surface area (Å²) in [6.07, 6.45) is -0.279. The molecule has 0 aromatic heterocycles. The van der Waals surface area contributed by atoms with Crippen molar-refractivity contribution < 1.29 is 24.2 Å². The number of rotatable bonds is 9. The summed E-state index contributed by atoms with van der Waals surface area (Å²) in [6.45, 7) is 14.1. The molecule has 6 heteroatoms. The van der Waals surface area contributed by atoms with Crippen LogP contribution in [-0.4, -0.2) is 29.1 Å². The fourth-order valence-electron chi connectivity index (χ4n) is 2.41. The molecule has 0 spiro atoms. The summed E-state index contributed by atoms with van der Waals surface area (Å²) in [7, 11) is 0. The van der Waals surface area contributed by atoms with Gasteiger partial charge in [0.15, 0.2) is 11.5 Å². The van der Waals surface area contributed by atoms with Crippen LogP contribution in [0, 0.1) is 11.8 Å². The lowest BCUT2D eigenvalue weighted by molar-refractivity contribution is -0.138. The van der Waals surface area contributed by atoms with Crippen LogP contribution in [0.5, 0.6) is 11.5 Å². The maximum atomic E-state index is 12.1. The quantitative estimate of drug-likeness (QED) is 0.487. The summed E-state index contributed by atoms with van der Waals surface area (Å²) in [4.78, 5) is 24.2. The molecule has 0 aliphatic heterocycles. The minimum atomic E-state index is -0.790. The van der Waals surface area contributed by atoms with Crippen molar-refractivity contribution in [3.05, 3.63) is 23.8 Å². The molecule has 1 aromatic rings. The van der Waals surface area contributed by atoms with Gasteiger partial charge < -0.3 is 19.9 Å². The van der Waals surface area contributed by atoms with Crippen LogP contribution < -0.4 is 14.8 Å². The molecule has 1 unspecified atom stereocenters. The van der Waals surface area contributed by atoms with Crippen molar-refractivity contribution in [3.8, 4) is 11.5 Å². The summed E-state index contributed by atoms with van der Waals surface area (Å²) in [6, 6.07) is 4.80. The number of carbonyl (C=O) groups is 2. The molecule has 0 amide bonds. The van der Waals surface area contributed by atoms with E-state index in [9.17, 15) is 14.7 Å². The first-order valence-corrected chi connectivity index (χ1v) is 9.85. The van der Waals surface area contributed by atoms with Gasteiger partial charge in [-0.15, -0.1) is 0 Å². The number of aliphatic hydroxyl groups excluding tert-OH is 1. The summed E-state index contributed by atoms with van der Waals surface area (Å²) >= 11 is 0. The first-order chi connectivity index (χ1) is 12.9. The zero-order chi connectivity index (χ0) is 21.5. The monoisotopic (exact) mass is 393 g/mol. The molecule has 0 saturated heterocycles. The lowest BCUT2D eigenvalue weighted by atomic mass is 10.1. The highest BCUT2D eigenvalue weighted by Crippen LogP contribution is 2.32. The SMILES string of the molecule is CC(C)CC(=O)Oc1ccc(C(O)CNC(C)(C)C)cc1OC(=O)CC(C)C. The Bertz CT molecular complexity index is 661. The van der Waals surface area contributed by atoms with Gasteiger partial charge >= 0.3 is 11.9 Å². The topological polar surface area (TPSA) is 84.9 Å². The van der Waals surface area contributed by atoms with Gasteiger partial charge in [0.2, 0.25) is 0 Å². The number of ether oxygens (including phenoxy) is 2. The van der Waals surface area contributed by atoms with Crippen LogP contribution in [0.1, 0.15) is 73.0 Å². The van der Waals surface area contributed by atoms with Gasteiger partial charge in [-0.05, 0) is 50.3 Å². The maximum Gasteiger partial charge on any atom is 0.311 e. The van der Waals surface area contributed by atoms with Crippen molar-refractivity contribution in [2.75, 3.05) is 6.54 Å². The van der Waals surface area contributed by atoms with Crippen LogP contribution in [0.15, 0.2) is 18.2 Å². The van der Waals surface area contributed by atoms with Crippen LogP contribution in [0.25, 0.3) is 0 Å². The van der Waals surface area contributed by atoms with Crippen molar-refractivity contribution in [1.82, 2.24) is 5.32 Å². The summed E-state index contributed by atoms with van der Waals surface area (Å²) in [5, 5.41) is 13.7. The fourth-order valence-corrected chi connectivity index (χ4v) is 2.41. The second-order valence-corrected chi connectivity index (χ2v) is 9.00. The number of hydrogen-bond acceptors (Lipinski definition) is 6. The second-order valence-electron chi connectivity index (χ2n) is 9.00. The third-order valence-electron chi connectivity index (χ3n) is 3.78. The van der Waals surface area contributed by atoms with Crippen LogP contribution >= 0.6 is 0 Å². The molecule has 1 aromatic carbocycles. The molecule has 0 bridgehead atoms. The van der Waals surface area contributed by atoms with Crippen molar-refractivity contribution in [2.24, 2.45) is 11.8 Å². The molecular weight excluding hydrogens is 358 g/mol. The van der Waals surface area contributed by atoms with Gasteiger partial charge in [0.25, 0.3) is 0 Å². The van der Waals surface area contributed by atoms with Gasteiger partial charge in [0.1, 0.15) is 0 Å². The van der Waals surface area contributed by atoms with E-state index in [1.54, 1.807) is 18.2 Å². The third-order valence-corrected chi connectivity index (χ3v) is 3.78. The molecule has 0 radical (unpaired) electrons. The molecule has 0 aliphatic rings.